The summed E-state index contributed by atoms with van der Waals surface area (Å²) in [5.41, 5.74) is -0.214. The molecule has 0 spiro atoms. The zero-order valence-corrected chi connectivity index (χ0v) is 12.8. The van der Waals surface area contributed by atoms with E-state index < -0.39 is 17.7 Å². The Bertz CT molecular complexity index is 936. The first kappa shape index (κ1) is 16.6. The fourth-order valence-corrected chi connectivity index (χ4v) is 2.45. The highest BCUT2D eigenvalue weighted by molar-refractivity contribution is 5.96. The van der Waals surface area contributed by atoms with Crippen LogP contribution in [0, 0.1) is 6.92 Å². The first-order chi connectivity index (χ1) is 11.8. The van der Waals surface area contributed by atoms with Crippen molar-refractivity contribution in [1.29, 1.82) is 0 Å². The maximum absolute atomic E-state index is 12.9. The van der Waals surface area contributed by atoms with E-state index in [2.05, 4.69) is 15.1 Å². The minimum Gasteiger partial charge on any atom is -0.478 e. The number of nitrogens with zero attached hydrogens (tertiary/aromatic N) is 4. The topological polar surface area (TPSA) is 80.9 Å². The largest absolute Gasteiger partial charge is 0.478 e. The Kier molecular flexibility index (Phi) is 3.99. The average molecular weight is 348 g/mol. The highest BCUT2D eigenvalue weighted by Gasteiger charge is 2.31. The van der Waals surface area contributed by atoms with Crippen molar-refractivity contribution in [1.82, 2.24) is 19.7 Å². The quantitative estimate of drug-likeness (QED) is 0.785. The average Bonchev–Trinajstić information content (AvgIpc) is 2.92. The Morgan fingerprint density at radius 3 is 2.48 bits per heavy atom. The summed E-state index contributed by atoms with van der Waals surface area (Å²) in [5.74, 6) is -1.24. The lowest BCUT2D eigenvalue weighted by atomic mass is 10.1. The third-order valence-corrected chi connectivity index (χ3v) is 3.58. The van der Waals surface area contributed by atoms with Gasteiger partial charge < -0.3 is 5.11 Å². The number of carbonyl (C=O) groups is 1. The van der Waals surface area contributed by atoms with Crippen LogP contribution in [0.15, 0.2) is 43.0 Å². The van der Waals surface area contributed by atoms with Crippen LogP contribution in [-0.4, -0.2) is 30.8 Å². The first-order valence-electron chi connectivity index (χ1n) is 7.05. The van der Waals surface area contributed by atoms with Gasteiger partial charge in [-0.1, -0.05) is 6.07 Å². The molecule has 128 valence electrons. The molecular formula is C16H11F3N4O2. The van der Waals surface area contributed by atoms with Gasteiger partial charge in [0.25, 0.3) is 0 Å². The van der Waals surface area contributed by atoms with E-state index in [4.69, 9.17) is 0 Å². The monoisotopic (exact) mass is 348 g/mol. The van der Waals surface area contributed by atoms with Gasteiger partial charge in [0.15, 0.2) is 0 Å². The minimum atomic E-state index is -4.51. The van der Waals surface area contributed by atoms with Crippen molar-refractivity contribution in [2.75, 3.05) is 0 Å². The van der Waals surface area contributed by atoms with Crippen molar-refractivity contribution < 1.29 is 23.1 Å². The SMILES string of the molecule is Cc1c(C(=O)O)c(-c2cncnc2)nn1-c1cccc(C(F)(F)F)c1. The Labute approximate surface area is 139 Å². The van der Waals surface area contributed by atoms with Crippen molar-refractivity contribution in [3.05, 3.63) is 59.8 Å². The lowest BCUT2D eigenvalue weighted by Gasteiger charge is -2.09. The normalized spacial score (nSPS) is 11.5. The predicted molar refractivity (Wildman–Crippen MR) is 81.3 cm³/mol. The summed E-state index contributed by atoms with van der Waals surface area (Å²) in [6.07, 6.45) is -0.460. The Balaban J connectivity index is 2.21. The van der Waals surface area contributed by atoms with Crippen LogP contribution in [0.3, 0.4) is 0 Å². The van der Waals surface area contributed by atoms with Crippen molar-refractivity contribution in [2.45, 2.75) is 13.1 Å². The van der Waals surface area contributed by atoms with E-state index in [9.17, 15) is 23.1 Å². The molecule has 1 aromatic carbocycles. The minimum absolute atomic E-state index is 0.0861. The molecule has 3 aromatic rings. The van der Waals surface area contributed by atoms with Gasteiger partial charge in [-0.15, -0.1) is 0 Å². The molecule has 0 amide bonds. The number of carboxylic acid groups (broad SMARTS) is 1. The van der Waals surface area contributed by atoms with Gasteiger partial charge in [-0.3, -0.25) is 0 Å². The van der Waals surface area contributed by atoms with Crippen LogP contribution < -0.4 is 0 Å². The predicted octanol–water partition coefficient (Wildman–Crippen LogP) is 3.35. The third kappa shape index (κ3) is 3.08. The number of aromatic nitrogens is 4. The van der Waals surface area contributed by atoms with Crippen molar-refractivity contribution in [3.63, 3.8) is 0 Å². The molecule has 0 fully saturated rings. The standard InChI is InChI=1S/C16H11F3N4O2/c1-9-13(15(24)25)14(10-6-20-8-21-7-10)22-23(9)12-4-2-3-11(5-12)16(17,18)19/h2-8H,1H3,(H,24,25). The number of hydrogen-bond acceptors (Lipinski definition) is 4. The molecule has 2 aromatic heterocycles. The van der Waals surface area contributed by atoms with Crippen LogP contribution >= 0.6 is 0 Å². The zero-order valence-electron chi connectivity index (χ0n) is 12.8. The van der Waals surface area contributed by atoms with Gasteiger partial charge in [0.2, 0.25) is 0 Å². The van der Waals surface area contributed by atoms with E-state index in [1.54, 1.807) is 0 Å². The molecule has 0 aliphatic rings. The van der Waals surface area contributed by atoms with Gasteiger partial charge in [0, 0.05) is 18.0 Å². The number of rotatable bonds is 3. The van der Waals surface area contributed by atoms with E-state index in [-0.39, 0.29) is 22.6 Å². The molecule has 0 aliphatic carbocycles. The Morgan fingerprint density at radius 2 is 1.88 bits per heavy atom. The van der Waals surface area contributed by atoms with Crippen LogP contribution in [0.4, 0.5) is 13.2 Å². The molecule has 2 heterocycles. The molecule has 0 unspecified atom stereocenters. The van der Waals surface area contributed by atoms with Crippen molar-refractivity contribution >= 4 is 5.97 Å². The van der Waals surface area contributed by atoms with E-state index in [1.807, 2.05) is 0 Å². The van der Waals surface area contributed by atoms with Crippen LogP contribution in [-0.2, 0) is 6.18 Å². The number of hydrogen-bond donors (Lipinski definition) is 1. The summed E-state index contributed by atoms with van der Waals surface area (Å²) in [6.45, 7) is 1.48. The van der Waals surface area contributed by atoms with Gasteiger partial charge in [0.05, 0.1) is 16.9 Å². The third-order valence-electron chi connectivity index (χ3n) is 3.58. The maximum atomic E-state index is 12.9. The van der Waals surface area contributed by atoms with E-state index in [0.29, 0.717) is 5.56 Å². The number of carboxylic acids is 1. The van der Waals surface area contributed by atoms with E-state index in [0.717, 1.165) is 12.1 Å². The summed E-state index contributed by atoms with van der Waals surface area (Å²) in [5, 5.41) is 13.7. The maximum Gasteiger partial charge on any atom is 0.416 e. The molecule has 6 nitrogen and oxygen atoms in total. The fraction of sp³-hybridized carbons (Fsp3) is 0.125. The highest BCUT2D eigenvalue weighted by atomic mass is 19.4. The van der Waals surface area contributed by atoms with Crippen LogP contribution in [0.5, 0.6) is 0 Å². The molecule has 25 heavy (non-hydrogen) atoms. The number of aromatic carboxylic acids is 1. The lowest BCUT2D eigenvalue weighted by Crippen LogP contribution is -2.07. The Hall–Kier alpha value is -3.23. The van der Waals surface area contributed by atoms with Gasteiger partial charge in [-0.05, 0) is 25.1 Å². The molecule has 0 saturated carbocycles. The molecular weight excluding hydrogens is 337 g/mol. The van der Waals surface area contributed by atoms with E-state index in [1.165, 1.54) is 42.5 Å². The number of benzene rings is 1. The molecule has 3 rings (SSSR count). The summed E-state index contributed by atoms with van der Waals surface area (Å²) in [7, 11) is 0. The second kappa shape index (κ2) is 6.00. The first-order valence-corrected chi connectivity index (χ1v) is 7.05. The van der Waals surface area contributed by atoms with Crippen LogP contribution in [0.1, 0.15) is 21.6 Å². The van der Waals surface area contributed by atoms with Crippen LogP contribution in [0.25, 0.3) is 16.9 Å². The van der Waals surface area contributed by atoms with Gasteiger partial charge >= 0.3 is 12.1 Å². The van der Waals surface area contributed by atoms with Gasteiger partial charge in [-0.2, -0.15) is 18.3 Å². The second-order valence-electron chi connectivity index (χ2n) is 5.20. The number of halogens is 3. The summed E-state index contributed by atoms with van der Waals surface area (Å²) >= 11 is 0. The number of alkyl halides is 3. The highest BCUT2D eigenvalue weighted by Crippen LogP contribution is 2.32. The molecule has 0 saturated heterocycles. The summed E-state index contributed by atoms with van der Waals surface area (Å²) in [6, 6.07) is 4.51. The summed E-state index contributed by atoms with van der Waals surface area (Å²) < 4.78 is 39.9. The smallest absolute Gasteiger partial charge is 0.416 e. The molecule has 1 N–H and O–H groups in total. The molecule has 0 atom stereocenters. The van der Waals surface area contributed by atoms with Gasteiger partial charge in [0.1, 0.15) is 17.6 Å². The van der Waals surface area contributed by atoms with Crippen LogP contribution in [0.2, 0.25) is 0 Å². The second-order valence-corrected chi connectivity index (χ2v) is 5.20. The van der Waals surface area contributed by atoms with Crippen molar-refractivity contribution in [2.24, 2.45) is 0 Å². The Morgan fingerprint density at radius 1 is 1.20 bits per heavy atom. The van der Waals surface area contributed by atoms with Crippen molar-refractivity contribution in [3.8, 4) is 16.9 Å². The van der Waals surface area contributed by atoms with E-state index >= 15 is 0 Å². The molecule has 9 heteroatoms. The molecule has 0 aliphatic heterocycles. The summed E-state index contributed by atoms with van der Waals surface area (Å²) in [4.78, 5) is 19.2. The van der Waals surface area contributed by atoms with Gasteiger partial charge in [-0.25, -0.2) is 19.4 Å². The lowest BCUT2D eigenvalue weighted by molar-refractivity contribution is -0.137. The zero-order chi connectivity index (χ0) is 18.2. The molecule has 0 bridgehead atoms. The molecule has 0 radical (unpaired) electrons. The fourth-order valence-electron chi connectivity index (χ4n) is 2.45.